The minimum absolute atomic E-state index is 0.0901. The van der Waals surface area contributed by atoms with Crippen LogP contribution in [0.1, 0.15) is 12.5 Å². The van der Waals surface area contributed by atoms with Gasteiger partial charge in [-0.3, -0.25) is 0 Å². The summed E-state index contributed by atoms with van der Waals surface area (Å²) >= 11 is 12.2. The van der Waals surface area contributed by atoms with Crippen LogP contribution in [0.3, 0.4) is 0 Å². The number of hydrogen-bond donors (Lipinski definition) is 2. The van der Waals surface area contributed by atoms with Gasteiger partial charge in [-0.15, -0.1) is 0 Å². The van der Waals surface area contributed by atoms with Crippen molar-refractivity contribution in [3.63, 3.8) is 0 Å². The van der Waals surface area contributed by atoms with Gasteiger partial charge >= 0.3 is 0 Å². The van der Waals surface area contributed by atoms with Crippen LogP contribution in [0.2, 0.25) is 10.0 Å². The standard InChI is InChI=1S/C12H17Cl2NO/c1-8(9(6-15)7-16)5-10-11(13)3-2-4-12(10)14/h2-4,8-9,16H,5-7,15H2,1H3. The average molecular weight is 262 g/mol. The lowest BCUT2D eigenvalue weighted by Crippen LogP contribution is -2.26. The van der Waals surface area contributed by atoms with Crippen molar-refractivity contribution in [2.45, 2.75) is 13.3 Å². The zero-order valence-electron chi connectivity index (χ0n) is 9.29. The van der Waals surface area contributed by atoms with Crippen molar-refractivity contribution in [1.82, 2.24) is 0 Å². The van der Waals surface area contributed by atoms with Gasteiger partial charge in [-0.2, -0.15) is 0 Å². The van der Waals surface area contributed by atoms with Gasteiger partial charge in [-0.05, 0) is 42.5 Å². The second-order valence-corrected chi connectivity index (χ2v) is 4.87. The van der Waals surface area contributed by atoms with E-state index in [1.165, 1.54) is 0 Å². The summed E-state index contributed by atoms with van der Waals surface area (Å²) in [6.45, 7) is 2.62. The highest BCUT2D eigenvalue weighted by Gasteiger charge is 2.17. The molecule has 2 nitrogen and oxygen atoms in total. The van der Waals surface area contributed by atoms with E-state index >= 15 is 0 Å². The molecule has 1 aromatic rings. The smallest absolute Gasteiger partial charge is 0.0474 e. The van der Waals surface area contributed by atoms with Gasteiger partial charge in [0.2, 0.25) is 0 Å². The predicted molar refractivity (Wildman–Crippen MR) is 69.0 cm³/mol. The highest BCUT2D eigenvalue weighted by Crippen LogP contribution is 2.28. The third-order valence-corrected chi connectivity index (χ3v) is 3.64. The van der Waals surface area contributed by atoms with E-state index in [9.17, 15) is 0 Å². The fourth-order valence-corrected chi connectivity index (χ4v) is 2.25. The largest absolute Gasteiger partial charge is 0.396 e. The Balaban J connectivity index is 2.80. The van der Waals surface area contributed by atoms with Crippen LogP contribution < -0.4 is 5.73 Å². The highest BCUT2D eigenvalue weighted by atomic mass is 35.5. The van der Waals surface area contributed by atoms with Gasteiger partial charge in [-0.1, -0.05) is 36.2 Å². The lowest BCUT2D eigenvalue weighted by atomic mass is 9.89. The highest BCUT2D eigenvalue weighted by molar-refractivity contribution is 6.35. The third-order valence-electron chi connectivity index (χ3n) is 2.93. The fourth-order valence-electron chi connectivity index (χ4n) is 1.70. The molecule has 0 heterocycles. The first-order chi connectivity index (χ1) is 7.60. The Morgan fingerprint density at radius 2 is 1.88 bits per heavy atom. The Labute approximate surface area is 106 Å². The summed E-state index contributed by atoms with van der Waals surface area (Å²) in [5, 5.41) is 10.5. The van der Waals surface area contributed by atoms with Gasteiger partial charge in [-0.25, -0.2) is 0 Å². The normalized spacial score (nSPS) is 14.8. The quantitative estimate of drug-likeness (QED) is 0.857. The van der Waals surface area contributed by atoms with E-state index in [-0.39, 0.29) is 18.4 Å². The zero-order chi connectivity index (χ0) is 12.1. The van der Waals surface area contributed by atoms with Crippen LogP contribution in [0.4, 0.5) is 0 Å². The SMILES string of the molecule is CC(Cc1c(Cl)cccc1Cl)C(CN)CO. The van der Waals surface area contributed by atoms with Crippen LogP contribution in [0.5, 0.6) is 0 Å². The minimum atomic E-state index is 0.0901. The summed E-state index contributed by atoms with van der Waals surface area (Å²) in [5.41, 5.74) is 6.52. The Morgan fingerprint density at radius 1 is 1.31 bits per heavy atom. The van der Waals surface area contributed by atoms with Crippen molar-refractivity contribution in [3.8, 4) is 0 Å². The molecule has 0 aliphatic rings. The van der Waals surface area contributed by atoms with Gasteiger partial charge in [0.25, 0.3) is 0 Å². The minimum Gasteiger partial charge on any atom is -0.396 e. The molecular formula is C12H17Cl2NO. The van der Waals surface area contributed by atoms with E-state index in [0.717, 1.165) is 12.0 Å². The lowest BCUT2D eigenvalue weighted by Gasteiger charge is -2.21. The lowest BCUT2D eigenvalue weighted by molar-refractivity contribution is 0.187. The Hall–Kier alpha value is -0.280. The molecule has 0 aliphatic heterocycles. The second kappa shape index (κ2) is 6.45. The molecule has 0 aliphatic carbocycles. The zero-order valence-corrected chi connectivity index (χ0v) is 10.8. The summed E-state index contributed by atoms with van der Waals surface area (Å²) < 4.78 is 0. The first kappa shape index (κ1) is 13.8. The van der Waals surface area contributed by atoms with Crippen molar-refractivity contribution < 1.29 is 5.11 Å². The maximum atomic E-state index is 9.17. The van der Waals surface area contributed by atoms with E-state index in [1.807, 2.05) is 25.1 Å². The number of hydrogen-bond acceptors (Lipinski definition) is 2. The number of rotatable bonds is 5. The fraction of sp³-hybridized carbons (Fsp3) is 0.500. The molecule has 0 aromatic heterocycles. The molecule has 16 heavy (non-hydrogen) atoms. The molecule has 0 saturated carbocycles. The van der Waals surface area contributed by atoms with Crippen molar-refractivity contribution in [2.24, 2.45) is 17.6 Å². The number of aliphatic hydroxyl groups excluding tert-OH is 1. The molecule has 0 fully saturated rings. The van der Waals surface area contributed by atoms with Crippen LogP contribution in [0.15, 0.2) is 18.2 Å². The number of halogens is 2. The molecule has 3 N–H and O–H groups in total. The Morgan fingerprint density at radius 3 is 2.31 bits per heavy atom. The van der Waals surface area contributed by atoms with Gasteiger partial charge in [0.05, 0.1) is 0 Å². The molecule has 0 amide bonds. The summed E-state index contributed by atoms with van der Waals surface area (Å²) in [6, 6.07) is 5.48. The van der Waals surface area contributed by atoms with Crippen molar-refractivity contribution in [2.75, 3.05) is 13.2 Å². The monoisotopic (exact) mass is 261 g/mol. The molecule has 2 atom stereocenters. The van der Waals surface area contributed by atoms with Gasteiger partial charge in [0.15, 0.2) is 0 Å². The maximum absolute atomic E-state index is 9.17. The van der Waals surface area contributed by atoms with Crippen molar-refractivity contribution in [1.29, 1.82) is 0 Å². The molecule has 1 aromatic carbocycles. The van der Waals surface area contributed by atoms with Crippen LogP contribution in [-0.2, 0) is 6.42 Å². The third kappa shape index (κ3) is 3.36. The molecule has 0 radical (unpaired) electrons. The molecule has 2 unspecified atom stereocenters. The molecular weight excluding hydrogens is 245 g/mol. The summed E-state index contributed by atoms with van der Waals surface area (Å²) in [4.78, 5) is 0. The maximum Gasteiger partial charge on any atom is 0.0474 e. The van der Waals surface area contributed by atoms with Gasteiger partial charge in [0.1, 0.15) is 0 Å². The molecule has 0 bridgehead atoms. The van der Waals surface area contributed by atoms with Crippen molar-refractivity contribution >= 4 is 23.2 Å². The summed E-state index contributed by atoms with van der Waals surface area (Å²) in [7, 11) is 0. The van der Waals surface area contributed by atoms with E-state index < -0.39 is 0 Å². The predicted octanol–water partition coefficient (Wildman–Crippen LogP) is 2.74. The Bertz CT molecular complexity index is 320. The van der Waals surface area contributed by atoms with E-state index in [1.54, 1.807) is 0 Å². The second-order valence-electron chi connectivity index (χ2n) is 4.06. The molecule has 0 saturated heterocycles. The van der Waals surface area contributed by atoms with Gasteiger partial charge < -0.3 is 10.8 Å². The number of nitrogens with two attached hydrogens (primary N) is 1. The van der Waals surface area contributed by atoms with Crippen molar-refractivity contribution in [3.05, 3.63) is 33.8 Å². The van der Waals surface area contributed by atoms with Crippen LogP contribution in [0, 0.1) is 11.8 Å². The first-order valence-corrected chi connectivity index (χ1v) is 6.09. The topological polar surface area (TPSA) is 46.2 Å². The Kier molecular flexibility index (Phi) is 5.56. The average Bonchev–Trinajstić information content (AvgIpc) is 2.25. The van der Waals surface area contributed by atoms with E-state index in [2.05, 4.69) is 0 Å². The number of benzene rings is 1. The van der Waals surface area contributed by atoms with Crippen LogP contribution in [-0.4, -0.2) is 18.3 Å². The first-order valence-electron chi connectivity index (χ1n) is 5.34. The van der Waals surface area contributed by atoms with Crippen LogP contribution in [0.25, 0.3) is 0 Å². The summed E-state index contributed by atoms with van der Waals surface area (Å²) in [5.74, 6) is 0.347. The summed E-state index contributed by atoms with van der Waals surface area (Å²) in [6.07, 6.45) is 0.737. The van der Waals surface area contributed by atoms with E-state index in [0.29, 0.717) is 16.6 Å². The van der Waals surface area contributed by atoms with E-state index in [4.69, 9.17) is 34.0 Å². The molecule has 90 valence electrons. The number of aliphatic hydroxyl groups is 1. The molecule has 0 spiro atoms. The molecule has 4 heteroatoms. The van der Waals surface area contributed by atoms with Gasteiger partial charge in [0, 0.05) is 16.7 Å². The molecule has 1 rings (SSSR count). The van der Waals surface area contributed by atoms with Crippen LogP contribution >= 0.6 is 23.2 Å².